The lowest BCUT2D eigenvalue weighted by Crippen LogP contribution is -2.13. The fourth-order valence-corrected chi connectivity index (χ4v) is 7.93. The second-order valence-corrected chi connectivity index (χ2v) is 15.3. The predicted molar refractivity (Wildman–Crippen MR) is 212 cm³/mol. The molecule has 0 aliphatic heterocycles. The molecule has 248 valence electrons. The highest BCUT2D eigenvalue weighted by atomic mass is 35.5. The van der Waals surface area contributed by atoms with Gasteiger partial charge >= 0.3 is 0 Å². The van der Waals surface area contributed by atoms with Gasteiger partial charge in [-0.1, -0.05) is 83.9 Å². The number of thiophene rings is 2. The lowest BCUT2D eigenvalue weighted by Gasteiger charge is -2.11. The number of benzene rings is 4. The number of aromatic nitrogens is 2. The van der Waals surface area contributed by atoms with Gasteiger partial charge in [0.25, 0.3) is 11.8 Å². The third kappa shape index (κ3) is 7.13. The van der Waals surface area contributed by atoms with Gasteiger partial charge in [-0.25, -0.2) is 9.97 Å². The summed E-state index contributed by atoms with van der Waals surface area (Å²) in [6.45, 7) is 0. The minimum absolute atomic E-state index is 0.213. The molecule has 4 heterocycles. The molecule has 8 rings (SSSR count). The first-order valence-electron chi connectivity index (χ1n) is 16.0. The summed E-state index contributed by atoms with van der Waals surface area (Å²) in [6, 6.07) is 42.0. The van der Waals surface area contributed by atoms with Crippen molar-refractivity contribution in [2.24, 2.45) is 0 Å². The van der Waals surface area contributed by atoms with Gasteiger partial charge in [-0.05, 0) is 90.3 Å². The first-order valence-corrected chi connectivity index (χ1v) is 18.4. The standard InChI is InChI=1S/C41H26Cl2N4O2S2/c42-38-19-17-36(50-38)34-22-30(28-5-1-3-7-32(28)46-34)40(48)44-26-13-9-24(10-14-26)21-25-11-15-27(16-12-25)45-41(49)31-23-35(37-18-20-39(43)51-37)47-33-8-4-2-6-29(31)33/h1-20,22-23H,21H2,(H,44,48)(H,45,49). The molecule has 51 heavy (non-hydrogen) atoms. The van der Waals surface area contributed by atoms with Crippen LogP contribution in [-0.2, 0) is 6.42 Å². The molecule has 6 nitrogen and oxygen atoms in total. The molecule has 2 amide bonds. The number of para-hydroxylation sites is 2. The SMILES string of the molecule is O=C(Nc1ccc(Cc2ccc(NC(=O)c3cc(-c4ccc(Cl)s4)nc4ccccc34)cc2)cc1)c1cc(-c2ccc(Cl)s2)nc2ccccc12. The summed E-state index contributed by atoms with van der Waals surface area (Å²) in [5, 5.41) is 7.66. The van der Waals surface area contributed by atoms with Gasteiger partial charge < -0.3 is 10.6 Å². The summed E-state index contributed by atoms with van der Waals surface area (Å²) in [5.41, 5.74) is 7.53. The molecule has 0 saturated carbocycles. The monoisotopic (exact) mass is 740 g/mol. The van der Waals surface area contributed by atoms with E-state index in [-0.39, 0.29) is 11.8 Å². The van der Waals surface area contributed by atoms with Crippen LogP contribution in [0.25, 0.3) is 42.9 Å². The van der Waals surface area contributed by atoms with Gasteiger partial charge in [-0.2, -0.15) is 0 Å². The maximum atomic E-state index is 13.5. The Morgan fingerprint density at radius 3 is 1.33 bits per heavy atom. The fraction of sp³-hybridized carbons (Fsp3) is 0.0244. The highest BCUT2D eigenvalue weighted by Crippen LogP contribution is 2.34. The van der Waals surface area contributed by atoms with Crippen molar-refractivity contribution in [3.05, 3.63) is 164 Å². The van der Waals surface area contributed by atoms with Crippen molar-refractivity contribution in [3.8, 4) is 21.1 Å². The van der Waals surface area contributed by atoms with E-state index >= 15 is 0 Å². The molecule has 0 aliphatic carbocycles. The number of anilines is 2. The number of nitrogens with zero attached hydrogens (tertiary/aromatic N) is 2. The third-order valence-electron chi connectivity index (χ3n) is 8.40. The van der Waals surface area contributed by atoms with Crippen LogP contribution in [0.15, 0.2) is 133 Å². The number of nitrogens with one attached hydrogen (secondary N) is 2. The minimum atomic E-state index is -0.213. The molecular formula is C41H26Cl2N4O2S2. The normalized spacial score (nSPS) is 11.2. The molecule has 0 unspecified atom stereocenters. The highest BCUT2D eigenvalue weighted by Gasteiger charge is 2.17. The maximum absolute atomic E-state index is 13.5. The average molecular weight is 742 g/mol. The first-order chi connectivity index (χ1) is 24.9. The van der Waals surface area contributed by atoms with Crippen molar-refractivity contribution in [2.75, 3.05) is 10.6 Å². The van der Waals surface area contributed by atoms with E-state index in [1.807, 2.05) is 133 Å². The Labute approximate surface area is 311 Å². The molecule has 4 aromatic heterocycles. The predicted octanol–water partition coefficient (Wildman–Crippen LogP) is 11.6. The van der Waals surface area contributed by atoms with E-state index in [4.69, 9.17) is 33.2 Å². The molecule has 0 fully saturated rings. The summed E-state index contributed by atoms with van der Waals surface area (Å²) in [4.78, 5) is 38.4. The Balaban J connectivity index is 0.946. The van der Waals surface area contributed by atoms with Crippen LogP contribution in [-0.4, -0.2) is 21.8 Å². The molecule has 10 heteroatoms. The van der Waals surface area contributed by atoms with Gasteiger partial charge in [0.1, 0.15) is 0 Å². The Hall–Kier alpha value is -5.38. The molecule has 0 bridgehead atoms. The van der Waals surface area contributed by atoms with E-state index in [2.05, 4.69) is 10.6 Å². The minimum Gasteiger partial charge on any atom is -0.322 e. The van der Waals surface area contributed by atoms with Gasteiger partial charge in [0, 0.05) is 22.1 Å². The van der Waals surface area contributed by atoms with Crippen molar-refractivity contribution >= 4 is 90.9 Å². The van der Waals surface area contributed by atoms with Gasteiger partial charge in [-0.15, -0.1) is 22.7 Å². The second kappa shape index (κ2) is 14.1. The molecule has 0 saturated heterocycles. The number of fused-ring (bicyclic) bond motifs is 2. The van der Waals surface area contributed by atoms with Gasteiger partial charge in [0.15, 0.2) is 0 Å². The molecule has 0 spiro atoms. The van der Waals surface area contributed by atoms with Crippen LogP contribution in [0, 0.1) is 0 Å². The van der Waals surface area contributed by atoms with Crippen molar-refractivity contribution in [3.63, 3.8) is 0 Å². The van der Waals surface area contributed by atoms with E-state index in [1.165, 1.54) is 22.7 Å². The Kier molecular flexibility index (Phi) is 9.06. The van der Waals surface area contributed by atoms with Gasteiger partial charge in [-0.3, -0.25) is 9.59 Å². The largest absolute Gasteiger partial charge is 0.322 e. The molecule has 0 aliphatic rings. The van der Waals surface area contributed by atoms with Crippen molar-refractivity contribution in [1.29, 1.82) is 0 Å². The molecule has 0 radical (unpaired) electrons. The third-order valence-corrected chi connectivity index (χ3v) is 10.9. The van der Waals surface area contributed by atoms with E-state index in [1.54, 1.807) is 0 Å². The highest BCUT2D eigenvalue weighted by molar-refractivity contribution is 7.19. The number of carbonyl (C=O) groups is 2. The van der Waals surface area contributed by atoms with E-state index in [9.17, 15) is 9.59 Å². The Bertz CT molecular complexity index is 2400. The summed E-state index contributed by atoms with van der Waals surface area (Å²) in [6.07, 6.45) is 0.686. The van der Waals surface area contributed by atoms with Crippen LogP contribution < -0.4 is 10.6 Å². The Morgan fingerprint density at radius 1 is 0.529 bits per heavy atom. The fourth-order valence-electron chi connectivity index (χ4n) is 5.93. The number of hydrogen-bond acceptors (Lipinski definition) is 6. The quantitative estimate of drug-likeness (QED) is 0.162. The molecule has 4 aromatic carbocycles. The van der Waals surface area contributed by atoms with Crippen LogP contribution in [0.3, 0.4) is 0 Å². The Morgan fingerprint density at radius 2 is 0.941 bits per heavy atom. The van der Waals surface area contributed by atoms with Gasteiger partial charge in [0.2, 0.25) is 0 Å². The van der Waals surface area contributed by atoms with Crippen molar-refractivity contribution in [2.45, 2.75) is 6.42 Å². The van der Waals surface area contributed by atoms with Crippen LogP contribution in [0.5, 0.6) is 0 Å². The van der Waals surface area contributed by atoms with Crippen LogP contribution in [0.2, 0.25) is 8.67 Å². The first kappa shape index (κ1) is 32.8. The zero-order valence-corrected chi connectivity index (χ0v) is 29.8. The van der Waals surface area contributed by atoms with E-state index < -0.39 is 0 Å². The molecule has 0 atom stereocenters. The number of halogens is 2. The number of rotatable bonds is 8. The number of carbonyl (C=O) groups excluding carboxylic acids is 2. The maximum Gasteiger partial charge on any atom is 0.256 e. The van der Waals surface area contributed by atoms with Crippen molar-refractivity contribution in [1.82, 2.24) is 9.97 Å². The molecule has 2 N–H and O–H groups in total. The van der Waals surface area contributed by atoms with Crippen LogP contribution in [0.4, 0.5) is 11.4 Å². The topological polar surface area (TPSA) is 84.0 Å². The number of hydrogen-bond donors (Lipinski definition) is 2. The zero-order valence-electron chi connectivity index (χ0n) is 26.7. The average Bonchev–Trinajstić information content (AvgIpc) is 3.80. The van der Waals surface area contributed by atoms with Gasteiger partial charge in [0.05, 0.1) is 52.0 Å². The van der Waals surface area contributed by atoms with Crippen LogP contribution >= 0.6 is 45.9 Å². The van der Waals surface area contributed by atoms with E-state index in [0.717, 1.165) is 42.7 Å². The second-order valence-electron chi connectivity index (χ2n) is 11.8. The lowest BCUT2D eigenvalue weighted by molar-refractivity contribution is 0.102. The van der Waals surface area contributed by atoms with E-state index in [0.29, 0.717) is 49.0 Å². The lowest BCUT2D eigenvalue weighted by atomic mass is 10.0. The van der Waals surface area contributed by atoms with Crippen molar-refractivity contribution < 1.29 is 9.59 Å². The summed E-state index contributed by atoms with van der Waals surface area (Å²) < 4.78 is 1.33. The number of amides is 2. The summed E-state index contributed by atoms with van der Waals surface area (Å²) >= 11 is 15.2. The van der Waals surface area contributed by atoms with Crippen LogP contribution in [0.1, 0.15) is 31.8 Å². The summed E-state index contributed by atoms with van der Waals surface area (Å²) in [7, 11) is 0. The summed E-state index contributed by atoms with van der Waals surface area (Å²) in [5.74, 6) is -0.426. The molecule has 8 aromatic rings. The number of pyridine rings is 2. The smallest absolute Gasteiger partial charge is 0.256 e. The zero-order chi connectivity index (χ0) is 34.9. The molecular weight excluding hydrogens is 716 g/mol.